The van der Waals surface area contributed by atoms with Gasteiger partial charge in [0.15, 0.2) is 0 Å². The van der Waals surface area contributed by atoms with E-state index in [2.05, 4.69) is 10.1 Å². The Balaban J connectivity index is 2.00. The van der Waals surface area contributed by atoms with Gasteiger partial charge in [-0.1, -0.05) is 6.07 Å². The van der Waals surface area contributed by atoms with Gasteiger partial charge in [-0.2, -0.15) is 5.10 Å². The average molecular weight is 331 g/mol. The molecular formula is C17H19F2N5. The lowest BCUT2D eigenvalue weighted by Crippen LogP contribution is -2.20. The number of hydrogen-bond donors (Lipinski definition) is 2. The maximum absolute atomic E-state index is 13.9. The molecule has 1 unspecified atom stereocenters. The lowest BCUT2D eigenvalue weighted by molar-refractivity contribution is 0.548. The highest BCUT2D eigenvalue weighted by atomic mass is 19.1. The van der Waals surface area contributed by atoms with Gasteiger partial charge in [0.05, 0.1) is 11.5 Å². The molecular weight excluding hydrogens is 312 g/mol. The summed E-state index contributed by atoms with van der Waals surface area (Å²) in [6.45, 7) is 0. The van der Waals surface area contributed by atoms with E-state index in [4.69, 9.17) is 11.5 Å². The predicted octanol–water partition coefficient (Wildman–Crippen LogP) is 2.57. The summed E-state index contributed by atoms with van der Waals surface area (Å²) < 4.78 is 29.4. The van der Waals surface area contributed by atoms with Gasteiger partial charge in [0.1, 0.15) is 23.8 Å². The number of allylic oxidation sites excluding steroid dienone is 3. The van der Waals surface area contributed by atoms with Crippen LogP contribution in [0.15, 0.2) is 41.9 Å². The Labute approximate surface area is 138 Å². The van der Waals surface area contributed by atoms with Crippen LogP contribution >= 0.6 is 0 Å². The van der Waals surface area contributed by atoms with Crippen molar-refractivity contribution in [3.05, 3.63) is 64.9 Å². The van der Waals surface area contributed by atoms with Crippen molar-refractivity contribution >= 4 is 5.70 Å². The maximum Gasteiger partial charge on any atom is 0.138 e. The van der Waals surface area contributed by atoms with E-state index in [-0.39, 0.29) is 17.2 Å². The van der Waals surface area contributed by atoms with Crippen molar-refractivity contribution in [2.75, 3.05) is 0 Å². The molecule has 7 heteroatoms. The van der Waals surface area contributed by atoms with Crippen LogP contribution < -0.4 is 11.5 Å². The van der Waals surface area contributed by atoms with Crippen LogP contribution in [0.25, 0.3) is 5.70 Å². The van der Waals surface area contributed by atoms with Crippen LogP contribution in [0.2, 0.25) is 0 Å². The molecule has 0 radical (unpaired) electrons. The van der Waals surface area contributed by atoms with Crippen molar-refractivity contribution in [1.29, 1.82) is 0 Å². The molecule has 1 aliphatic rings. The molecule has 1 aromatic heterocycles. The molecule has 2 aromatic rings. The summed E-state index contributed by atoms with van der Waals surface area (Å²) in [5, 5.41) is 4.07. The van der Waals surface area contributed by atoms with Crippen LogP contribution in [0.4, 0.5) is 8.78 Å². The second kappa shape index (κ2) is 6.43. The summed E-state index contributed by atoms with van der Waals surface area (Å²) in [5.74, 6) is -0.684. The minimum Gasteiger partial charge on any atom is -0.401 e. The molecule has 5 nitrogen and oxygen atoms in total. The molecule has 0 fully saturated rings. The second-order valence-electron chi connectivity index (χ2n) is 5.86. The highest BCUT2D eigenvalue weighted by Crippen LogP contribution is 2.35. The van der Waals surface area contributed by atoms with E-state index >= 15 is 0 Å². The van der Waals surface area contributed by atoms with Crippen molar-refractivity contribution in [2.24, 2.45) is 18.5 Å². The molecule has 126 valence electrons. The fraction of sp³-hybridized carbons (Fsp3) is 0.294. The zero-order valence-electron chi connectivity index (χ0n) is 13.3. The first-order chi connectivity index (χ1) is 11.5. The topological polar surface area (TPSA) is 82.8 Å². The maximum atomic E-state index is 13.9. The fourth-order valence-electron chi connectivity index (χ4n) is 3.10. The van der Waals surface area contributed by atoms with E-state index in [1.807, 2.05) is 7.05 Å². The molecule has 1 aromatic carbocycles. The number of rotatable bonds is 3. The van der Waals surface area contributed by atoms with E-state index in [1.54, 1.807) is 10.8 Å². The summed E-state index contributed by atoms with van der Waals surface area (Å²) in [4.78, 5) is 4.26. The Morgan fingerprint density at radius 2 is 2.04 bits per heavy atom. The zero-order chi connectivity index (χ0) is 17.3. The highest BCUT2D eigenvalue weighted by Gasteiger charge is 2.25. The molecule has 1 atom stereocenters. The molecule has 3 rings (SSSR count). The molecule has 4 N–H and O–H groups in total. The molecule has 0 amide bonds. The summed E-state index contributed by atoms with van der Waals surface area (Å²) in [5.41, 5.74) is 13.5. The number of aryl methyl sites for hydroxylation is 1. The Morgan fingerprint density at radius 3 is 2.67 bits per heavy atom. The van der Waals surface area contributed by atoms with Crippen LogP contribution in [-0.4, -0.2) is 14.8 Å². The average Bonchev–Trinajstić information content (AvgIpc) is 2.95. The minimum absolute atomic E-state index is 0.0298. The minimum atomic E-state index is -0.691. The van der Waals surface area contributed by atoms with Gasteiger partial charge in [0.2, 0.25) is 0 Å². The normalized spacial score (nSPS) is 19.0. The molecule has 0 saturated heterocycles. The first-order valence-electron chi connectivity index (χ1n) is 7.73. The van der Waals surface area contributed by atoms with Gasteiger partial charge in [-0.25, -0.2) is 13.8 Å². The van der Waals surface area contributed by atoms with E-state index in [0.29, 0.717) is 12.1 Å². The van der Waals surface area contributed by atoms with Crippen molar-refractivity contribution < 1.29 is 8.78 Å². The molecule has 0 aliphatic heterocycles. The van der Waals surface area contributed by atoms with Crippen molar-refractivity contribution in [1.82, 2.24) is 14.8 Å². The van der Waals surface area contributed by atoms with Gasteiger partial charge >= 0.3 is 0 Å². The molecule has 0 spiro atoms. The summed E-state index contributed by atoms with van der Waals surface area (Å²) in [7, 11) is 1.81. The summed E-state index contributed by atoms with van der Waals surface area (Å²) >= 11 is 0. The van der Waals surface area contributed by atoms with Crippen molar-refractivity contribution in [2.45, 2.75) is 25.2 Å². The Morgan fingerprint density at radius 1 is 1.33 bits per heavy atom. The van der Waals surface area contributed by atoms with E-state index in [0.717, 1.165) is 24.2 Å². The monoisotopic (exact) mass is 331 g/mol. The van der Waals surface area contributed by atoms with Gasteiger partial charge < -0.3 is 11.5 Å². The van der Waals surface area contributed by atoms with Gasteiger partial charge in [-0.15, -0.1) is 0 Å². The van der Waals surface area contributed by atoms with Gasteiger partial charge in [0, 0.05) is 18.4 Å². The second-order valence-corrected chi connectivity index (χ2v) is 5.86. The van der Waals surface area contributed by atoms with Gasteiger partial charge in [0.25, 0.3) is 0 Å². The lowest BCUT2D eigenvalue weighted by atomic mass is 9.86. The predicted molar refractivity (Wildman–Crippen MR) is 87.3 cm³/mol. The fourth-order valence-corrected chi connectivity index (χ4v) is 3.10. The number of nitrogens with two attached hydrogens (primary N) is 2. The molecule has 0 bridgehead atoms. The Hall–Kier alpha value is -2.70. The van der Waals surface area contributed by atoms with Crippen molar-refractivity contribution in [3.8, 4) is 0 Å². The van der Waals surface area contributed by atoms with Crippen molar-refractivity contribution in [3.63, 3.8) is 0 Å². The smallest absolute Gasteiger partial charge is 0.138 e. The van der Waals surface area contributed by atoms with E-state index in [9.17, 15) is 8.78 Å². The number of nitrogens with zero attached hydrogens (tertiary/aromatic N) is 3. The number of halogens is 2. The van der Waals surface area contributed by atoms with Crippen LogP contribution in [0.1, 0.15) is 36.6 Å². The first-order valence-corrected chi connectivity index (χ1v) is 7.73. The summed E-state index contributed by atoms with van der Waals surface area (Å²) in [6, 6.07) is 3.67. The quantitative estimate of drug-likeness (QED) is 0.905. The standard InChI is InChI=1S/C17H19F2N5/c1-24-17(22-9-23-24)11-5-2-4-10(16(11)21)8-14(20)15-12(18)6-3-7-13(15)19/h3,6-9,11H,2,4-5,20-21H2,1H3/b14-8-. The van der Waals surface area contributed by atoms with Crippen LogP contribution in [0.5, 0.6) is 0 Å². The SMILES string of the molecule is Cn1ncnc1C1CCCC(/C=C(\N)c2c(F)cccc2F)=C1N. The largest absolute Gasteiger partial charge is 0.401 e. The number of aromatic nitrogens is 3. The molecule has 1 heterocycles. The zero-order valence-corrected chi connectivity index (χ0v) is 13.3. The Bertz CT molecular complexity index is 802. The molecule has 0 saturated carbocycles. The van der Waals surface area contributed by atoms with Crippen LogP contribution in [-0.2, 0) is 7.05 Å². The Kier molecular flexibility index (Phi) is 4.33. The molecule has 24 heavy (non-hydrogen) atoms. The number of benzene rings is 1. The third-order valence-electron chi connectivity index (χ3n) is 4.32. The molecule has 1 aliphatic carbocycles. The third-order valence-corrected chi connectivity index (χ3v) is 4.32. The van der Waals surface area contributed by atoms with Gasteiger partial charge in [-0.05, 0) is 43.0 Å². The third kappa shape index (κ3) is 2.89. The van der Waals surface area contributed by atoms with Gasteiger partial charge in [-0.3, -0.25) is 4.68 Å². The van der Waals surface area contributed by atoms with E-state index < -0.39 is 11.6 Å². The summed E-state index contributed by atoms with van der Waals surface area (Å²) in [6.07, 6.45) is 5.49. The first kappa shape index (κ1) is 16.2. The van der Waals surface area contributed by atoms with E-state index in [1.165, 1.54) is 24.5 Å². The van der Waals surface area contributed by atoms with Crippen LogP contribution in [0.3, 0.4) is 0 Å². The lowest BCUT2D eigenvalue weighted by Gasteiger charge is -2.24. The highest BCUT2D eigenvalue weighted by molar-refractivity contribution is 5.67. The van der Waals surface area contributed by atoms with Crippen LogP contribution in [0, 0.1) is 11.6 Å². The number of hydrogen-bond acceptors (Lipinski definition) is 4.